The summed E-state index contributed by atoms with van der Waals surface area (Å²) in [5, 5.41) is 8.53. The van der Waals surface area contributed by atoms with E-state index in [1.54, 1.807) is 13.4 Å². The summed E-state index contributed by atoms with van der Waals surface area (Å²) in [6.45, 7) is 2.85. The Morgan fingerprint density at radius 2 is 2.00 bits per heavy atom. The van der Waals surface area contributed by atoms with Crippen LogP contribution in [0.5, 0.6) is 5.75 Å². The molecular weight excluding hydrogens is 382 g/mol. The summed E-state index contributed by atoms with van der Waals surface area (Å²) in [5.74, 6) is 1.53. The van der Waals surface area contributed by atoms with Crippen LogP contribution in [0, 0.1) is 5.92 Å². The van der Waals surface area contributed by atoms with E-state index < -0.39 is 0 Å². The molecule has 2 N–H and O–H groups in total. The molecule has 154 valence electrons. The Bertz CT molecular complexity index is 1080. The van der Waals surface area contributed by atoms with Crippen molar-refractivity contribution in [1.82, 2.24) is 15.4 Å². The average Bonchev–Trinajstić information content (AvgIpc) is 2.76. The van der Waals surface area contributed by atoms with Gasteiger partial charge >= 0.3 is 0 Å². The van der Waals surface area contributed by atoms with E-state index in [9.17, 15) is 4.79 Å². The quantitative estimate of drug-likeness (QED) is 0.586. The molecule has 0 fully saturated rings. The van der Waals surface area contributed by atoms with Crippen LogP contribution in [-0.2, 0) is 16.1 Å². The lowest BCUT2D eigenvalue weighted by atomic mass is 9.93. The number of nitrogens with zero attached hydrogens (tertiary/aromatic N) is 3. The van der Waals surface area contributed by atoms with Crippen LogP contribution in [0.15, 0.2) is 53.9 Å². The van der Waals surface area contributed by atoms with E-state index in [2.05, 4.69) is 25.8 Å². The Morgan fingerprint density at radius 1 is 1.17 bits per heavy atom. The fraction of sp³-hybridized carbons (Fsp3) is 0.273. The molecule has 3 aromatic rings. The van der Waals surface area contributed by atoms with Gasteiger partial charge in [-0.25, -0.2) is 15.4 Å². The van der Waals surface area contributed by atoms with Crippen LogP contribution < -0.4 is 15.5 Å². The summed E-state index contributed by atoms with van der Waals surface area (Å²) in [5.41, 5.74) is 6.29. The first-order valence-corrected chi connectivity index (χ1v) is 9.70. The Morgan fingerprint density at radius 3 is 2.77 bits per heavy atom. The lowest BCUT2D eigenvalue weighted by Gasteiger charge is -2.19. The zero-order valence-electron chi connectivity index (χ0n) is 16.9. The molecule has 0 radical (unpaired) electrons. The zero-order valence-corrected chi connectivity index (χ0v) is 16.9. The molecule has 8 heteroatoms. The summed E-state index contributed by atoms with van der Waals surface area (Å²) in [6, 6.07) is 13.8. The Hall–Kier alpha value is -3.52. The maximum atomic E-state index is 11.5. The van der Waals surface area contributed by atoms with Crippen molar-refractivity contribution in [2.24, 2.45) is 11.0 Å². The molecule has 2 aromatic carbocycles. The number of amides is 1. The fourth-order valence-corrected chi connectivity index (χ4v) is 3.38. The van der Waals surface area contributed by atoms with Crippen molar-refractivity contribution in [1.29, 1.82) is 0 Å². The lowest BCUT2D eigenvalue weighted by molar-refractivity contribution is -0.121. The van der Waals surface area contributed by atoms with Crippen molar-refractivity contribution >= 4 is 28.3 Å². The number of fused-ring (bicyclic) bond motifs is 1. The molecule has 1 atom stereocenters. The second kappa shape index (κ2) is 8.87. The molecule has 1 aliphatic rings. The predicted octanol–water partition coefficient (Wildman–Crippen LogP) is 3.08. The lowest BCUT2D eigenvalue weighted by Crippen LogP contribution is -2.31. The number of benzene rings is 2. The number of hydrogen-bond acceptors (Lipinski definition) is 7. The summed E-state index contributed by atoms with van der Waals surface area (Å²) in [6.07, 6.45) is 1.98. The number of aromatic nitrogens is 2. The van der Waals surface area contributed by atoms with Crippen LogP contribution in [0.2, 0.25) is 0 Å². The first kappa shape index (κ1) is 19.8. The van der Waals surface area contributed by atoms with Gasteiger partial charge in [-0.05, 0) is 29.8 Å². The third-order valence-electron chi connectivity index (χ3n) is 4.92. The van der Waals surface area contributed by atoms with Crippen molar-refractivity contribution in [3.63, 3.8) is 0 Å². The van der Waals surface area contributed by atoms with Crippen LogP contribution in [0.25, 0.3) is 10.9 Å². The van der Waals surface area contributed by atoms with Crippen molar-refractivity contribution < 1.29 is 14.3 Å². The average molecular weight is 405 g/mol. The van der Waals surface area contributed by atoms with E-state index in [4.69, 9.17) is 9.47 Å². The molecule has 2 heterocycles. The monoisotopic (exact) mass is 405 g/mol. The molecule has 8 nitrogen and oxygen atoms in total. The molecule has 1 aliphatic heterocycles. The number of carbonyl (C=O) groups excluding carboxylic acids is 1. The van der Waals surface area contributed by atoms with Gasteiger partial charge in [-0.1, -0.05) is 25.1 Å². The number of hydrazone groups is 1. The van der Waals surface area contributed by atoms with Gasteiger partial charge in [-0.2, -0.15) is 5.10 Å². The van der Waals surface area contributed by atoms with E-state index in [-0.39, 0.29) is 18.6 Å². The van der Waals surface area contributed by atoms with Crippen molar-refractivity contribution in [2.75, 3.05) is 19.2 Å². The molecule has 0 spiro atoms. The minimum Gasteiger partial charge on any atom is -0.468 e. The number of carbonyl (C=O) groups is 1. The van der Waals surface area contributed by atoms with Crippen LogP contribution in [-0.4, -0.2) is 35.5 Å². The number of hydrogen-bond donors (Lipinski definition) is 2. The Balaban J connectivity index is 1.50. The zero-order chi connectivity index (χ0) is 20.9. The minimum atomic E-state index is -0.0563. The van der Waals surface area contributed by atoms with Crippen molar-refractivity contribution in [3.05, 3.63) is 59.9 Å². The molecule has 0 aliphatic carbocycles. The third-order valence-corrected chi connectivity index (χ3v) is 4.92. The Kier molecular flexibility index (Phi) is 5.85. The molecule has 0 saturated carbocycles. The topological polar surface area (TPSA) is 97.7 Å². The van der Waals surface area contributed by atoms with Gasteiger partial charge < -0.3 is 14.8 Å². The van der Waals surface area contributed by atoms with Gasteiger partial charge in [0.25, 0.3) is 0 Å². The predicted molar refractivity (Wildman–Crippen MR) is 114 cm³/mol. The van der Waals surface area contributed by atoms with Gasteiger partial charge in [-0.3, -0.25) is 4.79 Å². The van der Waals surface area contributed by atoms with E-state index in [0.717, 1.165) is 39.3 Å². The molecule has 1 aromatic heterocycles. The van der Waals surface area contributed by atoms with E-state index in [1.807, 2.05) is 49.4 Å². The summed E-state index contributed by atoms with van der Waals surface area (Å²) in [4.78, 5) is 20.3. The summed E-state index contributed by atoms with van der Waals surface area (Å²) >= 11 is 0. The van der Waals surface area contributed by atoms with Gasteiger partial charge in [0.15, 0.2) is 6.79 Å². The van der Waals surface area contributed by atoms with Crippen molar-refractivity contribution in [2.45, 2.75) is 19.9 Å². The number of methoxy groups -OCH3 is 1. The van der Waals surface area contributed by atoms with Crippen LogP contribution in [0.4, 0.5) is 5.82 Å². The van der Waals surface area contributed by atoms with Crippen LogP contribution in [0.1, 0.15) is 24.5 Å². The fourth-order valence-electron chi connectivity index (χ4n) is 3.38. The highest BCUT2D eigenvalue weighted by molar-refractivity contribution is 6.07. The maximum Gasteiger partial charge on any atom is 0.240 e. The molecule has 1 amide bonds. The molecule has 0 saturated heterocycles. The first-order chi connectivity index (χ1) is 14.6. The van der Waals surface area contributed by atoms with E-state index in [0.29, 0.717) is 13.0 Å². The van der Waals surface area contributed by atoms with E-state index >= 15 is 0 Å². The van der Waals surface area contributed by atoms with Gasteiger partial charge in [0.1, 0.15) is 17.9 Å². The second-order valence-electron chi connectivity index (χ2n) is 7.14. The highest BCUT2D eigenvalue weighted by atomic mass is 16.7. The minimum absolute atomic E-state index is 0.0563. The Labute approximate surface area is 174 Å². The number of rotatable bonds is 7. The number of anilines is 1. The molecule has 30 heavy (non-hydrogen) atoms. The third kappa shape index (κ3) is 4.38. The molecule has 4 rings (SSSR count). The first-order valence-electron chi connectivity index (χ1n) is 9.70. The molecule has 0 bridgehead atoms. The number of nitrogens with one attached hydrogen (secondary N) is 2. The van der Waals surface area contributed by atoms with Crippen LogP contribution in [0.3, 0.4) is 0 Å². The SMILES string of the molecule is COCOc1ccc(CNc2ncnc3cc(C4=NNC(=O)CC4C)ccc23)cc1. The standard InChI is InChI=1S/C22H23N5O3/c1-14-9-20(28)26-27-21(14)16-5-8-18-19(10-16)24-12-25-22(18)23-11-15-3-6-17(7-4-15)30-13-29-2/h3-8,10,12,14H,9,11,13H2,1-2H3,(H,26,28)(H,23,24,25). The van der Waals surface area contributed by atoms with Gasteiger partial charge in [0.2, 0.25) is 5.91 Å². The van der Waals surface area contributed by atoms with Gasteiger partial charge in [0, 0.05) is 36.9 Å². The van der Waals surface area contributed by atoms with Gasteiger partial charge in [-0.15, -0.1) is 0 Å². The maximum absolute atomic E-state index is 11.5. The molecular formula is C22H23N5O3. The van der Waals surface area contributed by atoms with Gasteiger partial charge in [0.05, 0.1) is 11.2 Å². The summed E-state index contributed by atoms with van der Waals surface area (Å²) in [7, 11) is 1.59. The van der Waals surface area contributed by atoms with E-state index in [1.165, 1.54) is 0 Å². The largest absolute Gasteiger partial charge is 0.468 e. The molecule has 1 unspecified atom stereocenters. The highest BCUT2D eigenvalue weighted by Gasteiger charge is 2.22. The van der Waals surface area contributed by atoms with Crippen LogP contribution >= 0.6 is 0 Å². The van der Waals surface area contributed by atoms with Crippen molar-refractivity contribution in [3.8, 4) is 5.75 Å². The summed E-state index contributed by atoms with van der Waals surface area (Å²) < 4.78 is 10.3. The smallest absolute Gasteiger partial charge is 0.240 e. The normalized spacial score (nSPS) is 16.1. The highest BCUT2D eigenvalue weighted by Crippen LogP contribution is 2.24. The second-order valence-corrected chi connectivity index (χ2v) is 7.14. The number of ether oxygens (including phenoxy) is 2.